The zero-order valence-electron chi connectivity index (χ0n) is 20.3. The first-order chi connectivity index (χ1) is 18.2. The number of hydrogen-bond donors (Lipinski definition) is 3. The van der Waals surface area contributed by atoms with Gasteiger partial charge in [-0.15, -0.1) is 0 Å². The molecule has 0 spiro atoms. The van der Waals surface area contributed by atoms with Gasteiger partial charge in [-0.3, -0.25) is 14.9 Å². The van der Waals surface area contributed by atoms with E-state index < -0.39 is 29.6 Å². The lowest BCUT2D eigenvalue weighted by Gasteiger charge is -2.26. The molecule has 0 unspecified atom stereocenters. The van der Waals surface area contributed by atoms with E-state index in [4.69, 9.17) is 16.2 Å². The quantitative estimate of drug-likeness (QED) is 0.261. The minimum Gasteiger partial charge on any atom is -0.444 e. The molecule has 0 saturated carbocycles. The molecule has 4 rings (SSSR count). The lowest BCUT2D eigenvalue weighted by molar-refractivity contribution is -0.118. The van der Waals surface area contributed by atoms with Crippen LogP contribution in [0.2, 0.25) is 0 Å². The van der Waals surface area contributed by atoms with Crippen LogP contribution in [0.3, 0.4) is 0 Å². The molecule has 5 N–H and O–H groups in total. The Bertz CT molecular complexity index is 1440. The number of amides is 2. The smallest absolute Gasteiger partial charge is 0.411 e. The normalized spacial score (nSPS) is 11.4. The molecule has 194 valence electrons. The lowest BCUT2D eigenvalue weighted by atomic mass is 10.1. The van der Waals surface area contributed by atoms with E-state index in [1.54, 1.807) is 19.1 Å². The SMILES string of the molecule is C[C@@H](C(N)=O)N(c1ccc(F)cc1)c1nc(N)c(C(=O)c2ccc(NC(=O)OCc3ccccc3)cc2)s1. The molecular weight excluding hydrogens is 509 g/mol. The van der Waals surface area contributed by atoms with Crippen LogP contribution in [0.15, 0.2) is 78.9 Å². The minimum atomic E-state index is -0.846. The number of ketones is 1. The predicted octanol–water partition coefficient (Wildman–Crippen LogP) is 4.86. The van der Waals surface area contributed by atoms with Gasteiger partial charge in [0.25, 0.3) is 0 Å². The molecule has 0 aliphatic rings. The van der Waals surface area contributed by atoms with Crippen LogP contribution in [0.4, 0.5) is 31.5 Å². The van der Waals surface area contributed by atoms with Crippen molar-refractivity contribution in [3.8, 4) is 0 Å². The van der Waals surface area contributed by atoms with Crippen molar-refractivity contribution in [2.45, 2.75) is 19.6 Å². The molecule has 0 saturated heterocycles. The predicted molar refractivity (Wildman–Crippen MR) is 144 cm³/mol. The number of nitrogen functional groups attached to an aromatic ring is 1. The van der Waals surface area contributed by atoms with Gasteiger partial charge in [-0.2, -0.15) is 0 Å². The molecule has 0 bridgehead atoms. The van der Waals surface area contributed by atoms with Crippen LogP contribution < -0.4 is 21.7 Å². The third-order valence-corrected chi connectivity index (χ3v) is 6.63. The van der Waals surface area contributed by atoms with Gasteiger partial charge in [0.2, 0.25) is 11.7 Å². The van der Waals surface area contributed by atoms with E-state index in [1.807, 2.05) is 30.3 Å². The summed E-state index contributed by atoms with van der Waals surface area (Å²) in [4.78, 5) is 43.2. The molecule has 38 heavy (non-hydrogen) atoms. The number of ether oxygens (including phenoxy) is 1. The van der Waals surface area contributed by atoms with Crippen molar-refractivity contribution in [3.05, 3.63) is 101 Å². The Morgan fingerprint density at radius 1 is 1.03 bits per heavy atom. The molecular formula is C27H24FN5O4S. The van der Waals surface area contributed by atoms with Gasteiger partial charge >= 0.3 is 6.09 Å². The van der Waals surface area contributed by atoms with Crippen LogP contribution in [0.1, 0.15) is 27.7 Å². The van der Waals surface area contributed by atoms with Crippen LogP contribution in [0.25, 0.3) is 0 Å². The van der Waals surface area contributed by atoms with Gasteiger partial charge in [0.05, 0.1) is 0 Å². The summed E-state index contributed by atoms with van der Waals surface area (Å²) in [6.45, 7) is 1.70. The van der Waals surface area contributed by atoms with Crippen LogP contribution in [0, 0.1) is 5.82 Å². The molecule has 1 aromatic heterocycles. The van der Waals surface area contributed by atoms with Crippen LogP contribution >= 0.6 is 11.3 Å². The van der Waals surface area contributed by atoms with Crippen molar-refractivity contribution in [2.24, 2.45) is 5.73 Å². The molecule has 1 heterocycles. The van der Waals surface area contributed by atoms with E-state index in [2.05, 4.69) is 10.3 Å². The van der Waals surface area contributed by atoms with Gasteiger partial charge in [-0.25, -0.2) is 14.2 Å². The summed E-state index contributed by atoms with van der Waals surface area (Å²) < 4.78 is 18.7. The number of carbonyl (C=O) groups excluding carboxylic acids is 3. The second-order valence-corrected chi connectivity index (χ2v) is 9.21. The number of nitrogens with zero attached hydrogens (tertiary/aromatic N) is 2. The number of primary amides is 1. The van der Waals surface area contributed by atoms with Gasteiger partial charge in [0.1, 0.15) is 29.2 Å². The molecule has 0 aliphatic carbocycles. The largest absolute Gasteiger partial charge is 0.444 e. The van der Waals surface area contributed by atoms with E-state index in [0.717, 1.165) is 16.9 Å². The first-order valence-corrected chi connectivity index (χ1v) is 12.3. The second kappa shape index (κ2) is 11.5. The average molecular weight is 534 g/mol. The molecule has 0 aliphatic heterocycles. The summed E-state index contributed by atoms with van der Waals surface area (Å²) in [6, 6.07) is 20.1. The van der Waals surface area contributed by atoms with E-state index in [0.29, 0.717) is 16.9 Å². The summed E-state index contributed by atoms with van der Waals surface area (Å²) in [5.41, 5.74) is 13.7. The molecule has 3 aromatic carbocycles. The van der Waals surface area contributed by atoms with Gasteiger partial charge in [-0.05, 0) is 61.0 Å². The number of nitrogens with one attached hydrogen (secondary N) is 1. The van der Waals surface area contributed by atoms with Crippen molar-refractivity contribution in [2.75, 3.05) is 16.0 Å². The third kappa shape index (κ3) is 6.13. The summed E-state index contributed by atoms with van der Waals surface area (Å²) in [6.07, 6.45) is -0.631. The number of aromatic nitrogens is 1. The zero-order chi connectivity index (χ0) is 27.2. The van der Waals surface area contributed by atoms with E-state index in [9.17, 15) is 18.8 Å². The van der Waals surface area contributed by atoms with E-state index in [-0.39, 0.29) is 22.4 Å². The summed E-state index contributed by atoms with van der Waals surface area (Å²) in [5, 5.41) is 2.86. The standard InChI is InChI=1S/C27H24FN5O4S/c1-16(25(30)35)33(21-13-9-19(28)10-14-21)26-32-24(29)23(38-26)22(34)18-7-11-20(12-8-18)31-27(36)37-15-17-5-3-2-4-6-17/h2-14,16H,15,29H2,1H3,(H2,30,35)(H,31,36)/t16-/m0/s1. The minimum absolute atomic E-state index is 0.0227. The molecule has 4 aromatic rings. The monoisotopic (exact) mass is 533 g/mol. The molecule has 0 radical (unpaired) electrons. The first kappa shape index (κ1) is 26.3. The number of anilines is 4. The highest BCUT2D eigenvalue weighted by Crippen LogP contribution is 2.36. The maximum Gasteiger partial charge on any atom is 0.411 e. The molecule has 1 atom stereocenters. The van der Waals surface area contributed by atoms with E-state index in [1.165, 1.54) is 41.3 Å². The molecule has 0 fully saturated rings. The number of rotatable bonds is 9. The van der Waals surface area contributed by atoms with Crippen molar-refractivity contribution in [3.63, 3.8) is 0 Å². The van der Waals surface area contributed by atoms with E-state index >= 15 is 0 Å². The second-order valence-electron chi connectivity index (χ2n) is 8.23. The van der Waals surface area contributed by atoms with Gasteiger partial charge in [0, 0.05) is 16.9 Å². The topological polar surface area (TPSA) is 141 Å². The Hall–Kier alpha value is -4.77. The summed E-state index contributed by atoms with van der Waals surface area (Å²) >= 11 is 0.984. The number of benzene rings is 3. The Morgan fingerprint density at radius 2 is 1.68 bits per heavy atom. The highest BCUT2D eigenvalue weighted by atomic mass is 32.1. The van der Waals surface area contributed by atoms with Crippen molar-refractivity contribution in [1.82, 2.24) is 4.98 Å². The fourth-order valence-electron chi connectivity index (χ4n) is 3.53. The Morgan fingerprint density at radius 3 is 2.32 bits per heavy atom. The number of nitrogens with two attached hydrogens (primary N) is 2. The maximum absolute atomic E-state index is 13.5. The Balaban J connectivity index is 1.49. The molecule has 2 amide bonds. The number of hydrogen-bond acceptors (Lipinski definition) is 8. The fourth-order valence-corrected chi connectivity index (χ4v) is 4.58. The summed E-state index contributed by atoms with van der Waals surface area (Å²) in [5.74, 6) is -1.50. The van der Waals surface area contributed by atoms with Crippen LogP contribution in [0.5, 0.6) is 0 Å². The molecule has 11 heteroatoms. The highest BCUT2D eigenvalue weighted by Gasteiger charge is 2.27. The van der Waals surface area contributed by atoms with Crippen LogP contribution in [-0.4, -0.2) is 28.8 Å². The Kier molecular flexibility index (Phi) is 7.97. The maximum atomic E-state index is 13.5. The number of halogens is 1. The Labute approximate surface area is 221 Å². The van der Waals surface area contributed by atoms with Crippen molar-refractivity contribution < 1.29 is 23.5 Å². The fraction of sp³-hybridized carbons (Fsp3) is 0.111. The number of carbonyl (C=O) groups is 3. The zero-order valence-corrected chi connectivity index (χ0v) is 21.1. The van der Waals surface area contributed by atoms with Gasteiger partial charge in [0.15, 0.2) is 5.13 Å². The van der Waals surface area contributed by atoms with Gasteiger partial charge < -0.3 is 21.1 Å². The van der Waals surface area contributed by atoms with Gasteiger partial charge in [-0.1, -0.05) is 41.7 Å². The van der Waals surface area contributed by atoms with Crippen LogP contribution in [-0.2, 0) is 16.1 Å². The van der Waals surface area contributed by atoms with Crippen molar-refractivity contribution >= 4 is 51.4 Å². The molecule has 9 nitrogen and oxygen atoms in total. The lowest BCUT2D eigenvalue weighted by Crippen LogP contribution is -2.39. The highest BCUT2D eigenvalue weighted by molar-refractivity contribution is 7.18. The third-order valence-electron chi connectivity index (χ3n) is 5.56. The first-order valence-electron chi connectivity index (χ1n) is 11.5. The average Bonchev–Trinajstić information content (AvgIpc) is 3.30. The van der Waals surface area contributed by atoms with Crippen molar-refractivity contribution in [1.29, 1.82) is 0 Å². The summed E-state index contributed by atoms with van der Waals surface area (Å²) in [7, 11) is 0. The number of thiazole rings is 1.